The van der Waals surface area contributed by atoms with E-state index in [4.69, 9.17) is 10.5 Å². The van der Waals surface area contributed by atoms with Crippen molar-refractivity contribution in [1.82, 2.24) is 14.6 Å². The average Bonchev–Trinajstić information content (AvgIpc) is 3.08. The third kappa shape index (κ3) is 2.16. The zero-order chi connectivity index (χ0) is 16.7. The van der Waals surface area contributed by atoms with Crippen molar-refractivity contribution in [3.8, 4) is 16.9 Å². The van der Waals surface area contributed by atoms with Crippen molar-refractivity contribution in [2.45, 2.75) is 6.61 Å². The number of anilines is 1. The fourth-order valence-electron chi connectivity index (χ4n) is 3.02. The topological polar surface area (TPSA) is 85.7 Å². The maximum absolute atomic E-state index is 9.70. The number of fused-ring (bicyclic) bond motifs is 3. The lowest BCUT2D eigenvalue weighted by molar-refractivity contribution is 0.283. The molecule has 6 nitrogen and oxygen atoms in total. The van der Waals surface area contributed by atoms with Crippen LogP contribution >= 0.6 is 0 Å². The van der Waals surface area contributed by atoms with Gasteiger partial charge in [-0.1, -0.05) is 12.1 Å². The Morgan fingerprint density at radius 2 is 2.08 bits per heavy atom. The van der Waals surface area contributed by atoms with Gasteiger partial charge in [0.1, 0.15) is 12.1 Å². The summed E-state index contributed by atoms with van der Waals surface area (Å²) in [5.74, 6) is 0.718. The number of aliphatic hydroxyl groups excluding tert-OH is 1. The Morgan fingerprint density at radius 3 is 2.83 bits per heavy atom. The monoisotopic (exact) mass is 320 g/mol. The van der Waals surface area contributed by atoms with Gasteiger partial charge in [-0.15, -0.1) is 10.2 Å². The number of aromatic nitrogens is 3. The van der Waals surface area contributed by atoms with E-state index in [1.807, 2.05) is 46.9 Å². The number of ether oxygens (including phenoxy) is 1. The lowest BCUT2D eigenvalue weighted by Gasteiger charge is -2.14. The molecular weight excluding hydrogens is 304 g/mol. The standard InChI is InChI=1S/C18H16N4O2/c1-24-17-8-14-12(9-23)6-18-21-20-10-22(18)16(14)7-15(17)11-3-2-4-13(19)5-11/h2-8,10,23H,9,19H2,1H3. The van der Waals surface area contributed by atoms with Gasteiger partial charge in [0.25, 0.3) is 0 Å². The Kier molecular flexibility index (Phi) is 3.32. The van der Waals surface area contributed by atoms with E-state index in [-0.39, 0.29) is 6.61 Å². The van der Waals surface area contributed by atoms with Crippen LogP contribution in [0.25, 0.3) is 27.7 Å². The van der Waals surface area contributed by atoms with E-state index in [1.165, 1.54) is 0 Å². The molecule has 2 aromatic carbocycles. The molecule has 0 aliphatic heterocycles. The van der Waals surface area contributed by atoms with Crippen LogP contribution in [0.4, 0.5) is 5.69 Å². The molecule has 120 valence electrons. The number of nitrogen functional groups attached to an aromatic ring is 1. The van der Waals surface area contributed by atoms with Crippen LogP contribution in [0.15, 0.2) is 48.8 Å². The summed E-state index contributed by atoms with van der Waals surface area (Å²) in [5.41, 5.74) is 10.9. The van der Waals surface area contributed by atoms with Crippen LogP contribution < -0.4 is 10.5 Å². The summed E-state index contributed by atoms with van der Waals surface area (Å²) in [6, 6.07) is 13.4. The van der Waals surface area contributed by atoms with E-state index in [1.54, 1.807) is 13.4 Å². The molecule has 0 bridgehead atoms. The van der Waals surface area contributed by atoms with E-state index in [0.29, 0.717) is 11.3 Å². The van der Waals surface area contributed by atoms with Crippen molar-refractivity contribution in [3.63, 3.8) is 0 Å². The first-order valence-corrected chi connectivity index (χ1v) is 7.51. The molecule has 6 heteroatoms. The van der Waals surface area contributed by atoms with Crippen molar-refractivity contribution < 1.29 is 9.84 Å². The molecular formula is C18H16N4O2. The third-order valence-corrected chi connectivity index (χ3v) is 4.17. The first-order valence-electron chi connectivity index (χ1n) is 7.51. The maximum Gasteiger partial charge on any atom is 0.161 e. The second-order valence-corrected chi connectivity index (χ2v) is 5.58. The number of methoxy groups -OCH3 is 1. The van der Waals surface area contributed by atoms with Crippen molar-refractivity contribution in [2.75, 3.05) is 12.8 Å². The van der Waals surface area contributed by atoms with Gasteiger partial charge >= 0.3 is 0 Å². The highest BCUT2D eigenvalue weighted by Crippen LogP contribution is 2.36. The Hall–Kier alpha value is -3.12. The first-order chi connectivity index (χ1) is 11.7. The average molecular weight is 320 g/mol. The molecule has 4 rings (SSSR count). The summed E-state index contributed by atoms with van der Waals surface area (Å²) < 4.78 is 7.47. The predicted octanol–water partition coefficient (Wildman–Crippen LogP) is 2.63. The number of nitrogens with two attached hydrogens (primary N) is 1. The molecule has 0 saturated heterocycles. The van der Waals surface area contributed by atoms with Crippen LogP contribution in [0.3, 0.4) is 0 Å². The van der Waals surface area contributed by atoms with Gasteiger partial charge in [0.15, 0.2) is 5.65 Å². The Bertz CT molecular complexity index is 1060. The molecule has 4 aromatic rings. The Labute approximate surface area is 138 Å². The minimum atomic E-state index is -0.0827. The van der Waals surface area contributed by atoms with Gasteiger partial charge in [-0.2, -0.15) is 0 Å². The number of aliphatic hydroxyl groups is 1. The molecule has 0 radical (unpaired) electrons. The van der Waals surface area contributed by atoms with Crippen molar-refractivity contribution in [2.24, 2.45) is 0 Å². The van der Waals surface area contributed by atoms with Crippen LogP contribution in [0.1, 0.15) is 5.56 Å². The normalized spacial score (nSPS) is 11.2. The lowest BCUT2D eigenvalue weighted by atomic mass is 9.99. The molecule has 3 N–H and O–H groups in total. The van der Waals surface area contributed by atoms with Gasteiger partial charge in [0.05, 0.1) is 19.2 Å². The van der Waals surface area contributed by atoms with Gasteiger partial charge in [-0.25, -0.2) is 0 Å². The number of pyridine rings is 1. The molecule has 0 atom stereocenters. The van der Waals surface area contributed by atoms with Crippen LogP contribution in [0, 0.1) is 0 Å². The minimum absolute atomic E-state index is 0.0827. The molecule has 0 amide bonds. The van der Waals surface area contributed by atoms with Gasteiger partial charge in [-0.3, -0.25) is 4.40 Å². The lowest BCUT2D eigenvalue weighted by Crippen LogP contribution is -1.97. The molecule has 0 spiro atoms. The van der Waals surface area contributed by atoms with E-state index in [0.717, 1.165) is 33.3 Å². The Balaban J connectivity index is 2.11. The highest BCUT2D eigenvalue weighted by atomic mass is 16.5. The SMILES string of the molecule is COc1cc2c(CO)cc3nncn3c2cc1-c1cccc(N)c1. The fraction of sp³-hybridized carbons (Fsp3) is 0.111. The van der Waals surface area contributed by atoms with Crippen LogP contribution in [0.2, 0.25) is 0 Å². The Morgan fingerprint density at radius 1 is 1.21 bits per heavy atom. The molecule has 0 unspecified atom stereocenters. The summed E-state index contributed by atoms with van der Waals surface area (Å²) in [6.07, 6.45) is 1.66. The van der Waals surface area contributed by atoms with E-state index < -0.39 is 0 Å². The van der Waals surface area contributed by atoms with Crippen LogP contribution in [-0.4, -0.2) is 26.8 Å². The largest absolute Gasteiger partial charge is 0.496 e. The quantitative estimate of drug-likeness (QED) is 0.567. The number of hydrogen-bond acceptors (Lipinski definition) is 5. The number of rotatable bonds is 3. The summed E-state index contributed by atoms with van der Waals surface area (Å²) in [5, 5.41) is 18.7. The van der Waals surface area contributed by atoms with E-state index in [2.05, 4.69) is 10.2 Å². The number of hydrogen-bond donors (Lipinski definition) is 2. The van der Waals surface area contributed by atoms with E-state index >= 15 is 0 Å². The smallest absolute Gasteiger partial charge is 0.161 e. The minimum Gasteiger partial charge on any atom is -0.496 e. The second kappa shape index (κ2) is 5.50. The molecule has 0 aliphatic rings. The fourth-order valence-corrected chi connectivity index (χ4v) is 3.02. The zero-order valence-electron chi connectivity index (χ0n) is 13.1. The number of nitrogens with zero attached hydrogens (tertiary/aromatic N) is 3. The number of benzene rings is 2. The summed E-state index contributed by atoms with van der Waals surface area (Å²) in [6.45, 7) is -0.0827. The highest BCUT2D eigenvalue weighted by molar-refractivity contribution is 5.92. The first kappa shape index (κ1) is 14.5. The van der Waals surface area contributed by atoms with Gasteiger partial charge in [0, 0.05) is 16.6 Å². The van der Waals surface area contributed by atoms with Crippen molar-refractivity contribution in [1.29, 1.82) is 0 Å². The van der Waals surface area contributed by atoms with Crippen molar-refractivity contribution in [3.05, 3.63) is 54.4 Å². The van der Waals surface area contributed by atoms with E-state index in [9.17, 15) is 5.11 Å². The third-order valence-electron chi connectivity index (χ3n) is 4.17. The maximum atomic E-state index is 9.70. The highest BCUT2D eigenvalue weighted by Gasteiger charge is 2.14. The predicted molar refractivity (Wildman–Crippen MR) is 92.8 cm³/mol. The van der Waals surface area contributed by atoms with Gasteiger partial charge in [-0.05, 0) is 41.5 Å². The van der Waals surface area contributed by atoms with Crippen LogP contribution in [-0.2, 0) is 6.61 Å². The molecule has 0 saturated carbocycles. The zero-order valence-corrected chi connectivity index (χ0v) is 13.1. The molecule has 0 aliphatic carbocycles. The molecule has 2 heterocycles. The summed E-state index contributed by atoms with van der Waals surface area (Å²) >= 11 is 0. The van der Waals surface area contributed by atoms with Gasteiger partial charge < -0.3 is 15.6 Å². The summed E-state index contributed by atoms with van der Waals surface area (Å²) in [7, 11) is 1.63. The van der Waals surface area contributed by atoms with Crippen LogP contribution in [0.5, 0.6) is 5.75 Å². The summed E-state index contributed by atoms with van der Waals surface area (Å²) in [4.78, 5) is 0. The second-order valence-electron chi connectivity index (χ2n) is 5.58. The molecule has 0 fully saturated rings. The van der Waals surface area contributed by atoms with Gasteiger partial charge in [0.2, 0.25) is 0 Å². The van der Waals surface area contributed by atoms with Crippen molar-refractivity contribution >= 4 is 22.2 Å². The molecule has 2 aromatic heterocycles. The molecule has 24 heavy (non-hydrogen) atoms.